The topological polar surface area (TPSA) is 87.3 Å². The molecule has 0 spiro atoms. The molecule has 2 aromatic rings. The molecule has 0 bridgehead atoms. The van der Waals surface area contributed by atoms with Gasteiger partial charge in [-0.2, -0.15) is 0 Å². The lowest BCUT2D eigenvalue weighted by atomic mass is 10.2. The van der Waals surface area contributed by atoms with Crippen LogP contribution in [0.2, 0.25) is 5.02 Å². The fourth-order valence-corrected chi connectivity index (χ4v) is 2.22. The van der Waals surface area contributed by atoms with Gasteiger partial charge < -0.3 is 14.9 Å². The highest BCUT2D eigenvalue weighted by molar-refractivity contribution is 6.30. The summed E-state index contributed by atoms with van der Waals surface area (Å²) in [5, 5.41) is 11.6. The second-order valence-electron chi connectivity index (χ2n) is 5.16. The molecule has 1 aromatic heterocycles. The summed E-state index contributed by atoms with van der Waals surface area (Å²) in [7, 11) is 0. The molecule has 2 rings (SSSR count). The normalized spacial score (nSPS) is 12.3. The number of benzene rings is 1. The molecule has 24 heavy (non-hydrogen) atoms. The first-order valence-corrected chi connectivity index (χ1v) is 7.55. The minimum atomic E-state index is -0.543. The molecular weight excluding hydrogens is 334 g/mol. The van der Waals surface area contributed by atoms with Crippen LogP contribution in [0.15, 0.2) is 36.5 Å². The van der Waals surface area contributed by atoms with E-state index >= 15 is 0 Å². The number of nitro groups is 1. The van der Waals surface area contributed by atoms with Gasteiger partial charge in [0.25, 0.3) is 0 Å². The standard InChI is InChI=1S/C16H16ClN3O4/c1-11(10-19-12(2)18-9-15(19)20(22)23)24-16(21)8-5-13-3-6-14(17)7-4-13/h3-9,11H,10H2,1-2H3/b8-5+. The Balaban J connectivity index is 1.96. The Morgan fingerprint density at radius 2 is 2.12 bits per heavy atom. The van der Waals surface area contributed by atoms with Gasteiger partial charge in [0.05, 0.1) is 0 Å². The molecule has 1 aromatic carbocycles. The van der Waals surface area contributed by atoms with E-state index in [0.29, 0.717) is 10.8 Å². The van der Waals surface area contributed by atoms with Crippen LogP contribution in [0, 0.1) is 17.0 Å². The minimum Gasteiger partial charge on any atom is -0.455 e. The number of carbonyl (C=O) groups excluding carboxylic acids is 1. The molecule has 1 heterocycles. The number of ether oxygens (including phenoxy) is 1. The third-order valence-corrected chi connectivity index (χ3v) is 3.51. The van der Waals surface area contributed by atoms with Crippen molar-refractivity contribution in [3.63, 3.8) is 0 Å². The predicted molar refractivity (Wildman–Crippen MR) is 89.7 cm³/mol. The van der Waals surface area contributed by atoms with E-state index in [1.165, 1.54) is 16.8 Å². The van der Waals surface area contributed by atoms with E-state index in [0.717, 1.165) is 5.56 Å². The summed E-state index contributed by atoms with van der Waals surface area (Å²) in [6, 6.07) is 6.98. The van der Waals surface area contributed by atoms with Crippen LogP contribution in [0.25, 0.3) is 6.08 Å². The van der Waals surface area contributed by atoms with E-state index < -0.39 is 17.0 Å². The Labute approximate surface area is 143 Å². The van der Waals surface area contributed by atoms with Crippen LogP contribution in [0.5, 0.6) is 0 Å². The molecule has 0 aliphatic heterocycles. The molecule has 0 radical (unpaired) electrons. The monoisotopic (exact) mass is 349 g/mol. The van der Waals surface area contributed by atoms with Crippen LogP contribution < -0.4 is 0 Å². The van der Waals surface area contributed by atoms with Crippen molar-refractivity contribution < 1.29 is 14.5 Å². The van der Waals surface area contributed by atoms with Crippen LogP contribution in [0.4, 0.5) is 5.82 Å². The molecular formula is C16H16ClN3O4. The third-order valence-electron chi connectivity index (χ3n) is 3.26. The number of carbonyl (C=O) groups is 1. The van der Waals surface area contributed by atoms with Gasteiger partial charge in [0, 0.05) is 18.0 Å². The fourth-order valence-electron chi connectivity index (χ4n) is 2.10. The number of imidazole rings is 1. The van der Waals surface area contributed by atoms with Crippen LogP contribution in [0.1, 0.15) is 18.3 Å². The number of halogens is 1. The smallest absolute Gasteiger partial charge is 0.342 e. The van der Waals surface area contributed by atoms with Gasteiger partial charge >= 0.3 is 11.8 Å². The number of nitrogens with zero attached hydrogens (tertiary/aromatic N) is 3. The number of rotatable bonds is 6. The van der Waals surface area contributed by atoms with Crippen molar-refractivity contribution in [3.8, 4) is 0 Å². The Morgan fingerprint density at radius 3 is 2.75 bits per heavy atom. The quantitative estimate of drug-likeness (QED) is 0.345. The van der Waals surface area contributed by atoms with E-state index in [1.807, 2.05) is 0 Å². The Morgan fingerprint density at radius 1 is 1.46 bits per heavy atom. The SMILES string of the molecule is Cc1ncc([N+](=O)[O-])n1CC(C)OC(=O)/C=C/c1ccc(Cl)cc1. The van der Waals surface area contributed by atoms with Crippen LogP contribution in [-0.4, -0.2) is 26.5 Å². The van der Waals surface area contributed by atoms with Crippen molar-refractivity contribution in [1.29, 1.82) is 0 Å². The highest BCUT2D eigenvalue weighted by Gasteiger charge is 2.21. The number of hydrogen-bond acceptors (Lipinski definition) is 5. The number of hydrogen-bond donors (Lipinski definition) is 0. The maximum atomic E-state index is 11.8. The predicted octanol–water partition coefficient (Wildman–Crippen LogP) is 3.40. The average molecular weight is 350 g/mol. The van der Waals surface area contributed by atoms with Gasteiger partial charge in [-0.05, 0) is 35.6 Å². The highest BCUT2D eigenvalue weighted by Crippen LogP contribution is 2.15. The number of esters is 1. The van der Waals surface area contributed by atoms with Gasteiger partial charge in [-0.25, -0.2) is 14.3 Å². The Hall–Kier alpha value is -2.67. The summed E-state index contributed by atoms with van der Waals surface area (Å²) in [4.78, 5) is 26.2. The molecule has 8 heteroatoms. The van der Waals surface area contributed by atoms with Crippen molar-refractivity contribution in [2.24, 2.45) is 0 Å². The van der Waals surface area contributed by atoms with Gasteiger partial charge in [0.2, 0.25) is 0 Å². The molecule has 0 amide bonds. The van der Waals surface area contributed by atoms with Crippen molar-refractivity contribution in [2.75, 3.05) is 0 Å². The lowest BCUT2D eigenvalue weighted by molar-refractivity contribution is -0.392. The largest absolute Gasteiger partial charge is 0.455 e. The second kappa shape index (κ2) is 7.74. The third kappa shape index (κ3) is 4.66. The zero-order valence-corrected chi connectivity index (χ0v) is 13.9. The molecule has 1 atom stereocenters. The van der Waals surface area contributed by atoms with E-state index in [4.69, 9.17) is 16.3 Å². The van der Waals surface area contributed by atoms with Gasteiger partial charge in [-0.15, -0.1) is 0 Å². The van der Waals surface area contributed by atoms with E-state index in [9.17, 15) is 14.9 Å². The summed E-state index contributed by atoms with van der Waals surface area (Å²) in [5.41, 5.74) is 0.810. The highest BCUT2D eigenvalue weighted by atomic mass is 35.5. The molecule has 0 fully saturated rings. The van der Waals surface area contributed by atoms with Crippen molar-refractivity contribution in [2.45, 2.75) is 26.5 Å². The van der Waals surface area contributed by atoms with Gasteiger partial charge in [-0.1, -0.05) is 23.7 Å². The fraction of sp³-hybridized carbons (Fsp3) is 0.250. The zero-order valence-electron chi connectivity index (χ0n) is 13.2. The molecule has 0 aliphatic rings. The molecule has 1 unspecified atom stereocenters. The summed E-state index contributed by atoms with van der Waals surface area (Å²) >= 11 is 5.79. The van der Waals surface area contributed by atoms with Gasteiger partial charge in [-0.3, -0.25) is 0 Å². The van der Waals surface area contributed by atoms with Crippen LogP contribution in [0.3, 0.4) is 0 Å². The molecule has 0 saturated carbocycles. The second-order valence-corrected chi connectivity index (χ2v) is 5.60. The van der Waals surface area contributed by atoms with Crippen molar-refractivity contribution >= 4 is 29.5 Å². The van der Waals surface area contributed by atoms with Crippen molar-refractivity contribution in [1.82, 2.24) is 9.55 Å². The summed E-state index contributed by atoms with van der Waals surface area (Å²) in [5.74, 6) is -0.175. The first-order chi connectivity index (χ1) is 11.4. The van der Waals surface area contributed by atoms with E-state index in [1.54, 1.807) is 44.2 Å². The van der Waals surface area contributed by atoms with Crippen LogP contribution in [-0.2, 0) is 16.1 Å². The zero-order chi connectivity index (χ0) is 17.7. The molecule has 7 nitrogen and oxygen atoms in total. The number of aryl methyl sites for hydroxylation is 1. The van der Waals surface area contributed by atoms with Gasteiger partial charge in [0.1, 0.15) is 18.8 Å². The number of aromatic nitrogens is 2. The Bertz CT molecular complexity index is 768. The maximum Gasteiger partial charge on any atom is 0.342 e. The molecule has 0 saturated heterocycles. The lowest BCUT2D eigenvalue weighted by Crippen LogP contribution is -2.21. The lowest BCUT2D eigenvalue weighted by Gasteiger charge is -2.11. The minimum absolute atomic E-state index is 0.132. The summed E-state index contributed by atoms with van der Waals surface area (Å²) in [6.45, 7) is 3.47. The summed E-state index contributed by atoms with van der Waals surface area (Å²) in [6.07, 6.45) is 3.55. The summed E-state index contributed by atoms with van der Waals surface area (Å²) < 4.78 is 6.64. The van der Waals surface area contributed by atoms with E-state index in [-0.39, 0.29) is 12.4 Å². The molecule has 126 valence electrons. The van der Waals surface area contributed by atoms with E-state index in [2.05, 4.69) is 4.98 Å². The Kier molecular flexibility index (Phi) is 5.70. The molecule has 0 aliphatic carbocycles. The average Bonchev–Trinajstić information content (AvgIpc) is 2.88. The van der Waals surface area contributed by atoms with Crippen LogP contribution >= 0.6 is 11.6 Å². The van der Waals surface area contributed by atoms with Crippen molar-refractivity contribution in [3.05, 3.63) is 63.1 Å². The first-order valence-electron chi connectivity index (χ1n) is 7.17. The first kappa shape index (κ1) is 17.7. The van der Waals surface area contributed by atoms with Gasteiger partial charge in [0.15, 0.2) is 5.82 Å². The molecule has 0 N–H and O–H groups in total. The maximum absolute atomic E-state index is 11.8.